The van der Waals surface area contributed by atoms with E-state index in [2.05, 4.69) is 10.9 Å². The van der Waals surface area contributed by atoms with Crippen LogP contribution < -0.4 is 15.8 Å². The fourth-order valence-electron chi connectivity index (χ4n) is 2.93. The third kappa shape index (κ3) is 3.57. The Bertz CT molecular complexity index is 891. The van der Waals surface area contributed by atoms with Crippen LogP contribution in [0.15, 0.2) is 28.7 Å². The normalized spacial score (nSPS) is 13.8. The number of hydrazine groups is 1. The molecule has 3 amide bonds. The predicted octanol–water partition coefficient (Wildman–Crippen LogP) is 2.75. The molecule has 2 aromatic rings. The summed E-state index contributed by atoms with van der Waals surface area (Å²) in [4.78, 5) is 38.3. The van der Waals surface area contributed by atoms with Crippen molar-refractivity contribution in [3.63, 3.8) is 0 Å². The zero-order valence-corrected chi connectivity index (χ0v) is 15.1. The van der Waals surface area contributed by atoms with Gasteiger partial charge in [0.05, 0.1) is 16.8 Å². The fourth-order valence-corrected chi connectivity index (χ4v) is 3.09. The van der Waals surface area contributed by atoms with Crippen molar-refractivity contribution < 1.29 is 18.8 Å². The number of aryl methyl sites for hydroxylation is 2. The van der Waals surface area contributed by atoms with Crippen molar-refractivity contribution in [3.8, 4) is 0 Å². The second-order valence-electron chi connectivity index (χ2n) is 6.05. The van der Waals surface area contributed by atoms with Gasteiger partial charge in [-0.2, -0.15) is 0 Å². The molecule has 2 N–H and O–H groups in total. The zero-order valence-electron chi connectivity index (χ0n) is 14.4. The molecule has 1 aromatic carbocycles. The Kier molecular flexibility index (Phi) is 4.99. The van der Waals surface area contributed by atoms with E-state index in [1.807, 2.05) is 0 Å². The van der Waals surface area contributed by atoms with E-state index in [0.717, 1.165) is 6.42 Å². The van der Waals surface area contributed by atoms with Crippen molar-refractivity contribution in [2.75, 3.05) is 11.4 Å². The summed E-state index contributed by atoms with van der Waals surface area (Å²) < 4.78 is 5.31. The minimum atomic E-state index is -0.539. The first kappa shape index (κ1) is 18.0. The van der Waals surface area contributed by atoms with E-state index < -0.39 is 11.8 Å². The molecule has 8 heteroatoms. The third-order valence-electron chi connectivity index (χ3n) is 4.14. The van der Waals surface area contributed by atoms with E-state index in [1.54, 1.807) is 32.0 Å². The van der Waals surface area contributed by atoms with Crippen LogP contribution in [0.1, 0.15) is 45.1 Å². The van der Waals surface area contributed by atoms with Crippen LogP contribution in [0.4, 0.5) is 5.69 Å². The largest absolute Gasteiger partial charge is 0.466 e. The minimum absolute atomic E-state index is 0.0603. The Labute approximate surface area is 155 Å². The number of carbonyl (C=O) groups is 3. The lowest BCUT2D eigenvalue weighted by Crippen LogP contribution is -2.42. The summed E-state index contributed by atoms with van der Waals surface area (Å²) in [6.45, 7) is 3.93. The second kappa shape index (κ2) is 7.21. The number of nitrogens with zero attached hydrogens (tertiary/aromatic N) is 1. The van der Waals surface area contributed by atoms with Gasteiger partial charge in [0.1, 0.15) is 11.5 Å². The molecule has 1 aromatic heterocycles. The van der Waals surface area contributed by atoms with Crippen molar-refractivity contribution in [2.45, 2.75) is 26.7 Å². The van der Waals surface area contributed by atoms with Gasteiger partial charge in [0.15, 0.2) is 0 Å². The summed E-state index contributed by atoms with van der Waals surface area (Å²) in [7, 11) is 0. The molecule has 0 bridgehead atoms. The van der Waals surface area contributed by atoms with Crippen molar-refractivity contribution >= 4 is 35.0 Å². The van der Waals surface area contributed by atoms with Crippen molar-refractivity contribution in [1.82, 2.24) is 10.9 Å². The van der Waals surface area contributed by atoms with Crippen LogP contribution in [-0.2, 0) is 4.79 Å². The first-order valence-electron chi connectivity index (χ1n) is 8.14. The molecule has 3 rings (SSSR count). The number of amides is 3. The number of furan rings is 1. The molecule has 0 radical (unpaired) electrons. The number of nitrogens with one attached hydrogen (secondary N) is 2. The van der Waals surface area contributed by atoms with E-state index in [1.165, 1.54) is 11.0 Å². The Hall–Kier alpha value is -2.80. The van der Waals surface area contributed by atoms with Crippen LogP contribution in [-0.4, -0.2) is 24.3 Å². The maximum atomic E-state index is 12.5. The highest BCUT2D eigenvalue weighted by Gasteiger charge is 2.26. The van der Waals surface area contributed by atoms with E-state index in [4.69, 9.17) is 16.0 Å². The SMILES string of the molecule is Cc1cc(C(=O)NNC(=O)c2ccc(Cl)cc2N2CCCC2=O)c(C)o1. The molecule has 7 nitrogen and oxygen atoms in total. The number of hydrogen-bond acceptors (Lipinski definition) is 4. The molecule has 1 aliphatic rings. The quantitative estimate of drug-likeness (QED) is 0.807. The van der Waals surface area contributed by atoms with Crippen molar-refractivity contribution in [1.29, 1.82) is 0 Å². The molecule has 2 heterocycles. The van der Waals surface area contributed by atoms with Crippen LogP contribution in [0.5, 0.6) is 0 Å². The average Bonchev–Trinajstić information content (AvgIpc) is 3.17. The van der Waals surface area contributed by atoms with Gasteiger partial charge in [-0.3, -0.25) is 25.2 Å². The monoisotopic (exact) mass is 375 g/mol. The highest BCUT2D eigenvalue weighted by atomic mass is 35.5. The topological polar surface area (TPSA) is 91.7 Å². The van der Waals surface area contributed by atoms with Gasteiger partial charge in [0.2, 0.25) is 5.91 Å². The standard InChI is InChI=1S/C18H18ClN3O4/c1-10-8-14(11(2)26-10)18(25)21-20-17(24)13-6-5-12(19)9-15(13)22-7-3-4-16(22)23/h5-6,8-9H,3-4,7H2,1-2H3,(H,20,24)(H,21,25). The Morgan fingerprint density at radius 3 is 2.38 bits per heavy atom. The van der Waals surface area contributed by atoms with Crippen LogP contribution in [0.3, 0.4) is 0 Å². The van der Waals surface area contributed by atoms with Crippen LogP contribution in [0, 0.1) is 13.8 Å². The Balaban J connectivity index is 1.77. The average molecular weight is 376 g/mol. The van der Waals surface area contributed by atoms with Gasteiger partial charge < -0.3 is 9.32 Å². The Morgan fingerprint density at radius 1 is 1.12 bits per heavy atom. The zero-order chi connectivity index (χ0) is 18.8. The third-order valence-corrected chi connectivity index (χ3v) is 4.38. The van der Waals surface area contributed by atoms with Gasteiger partial charge in [-0.15, -0.1) is 0 Å². The summed E-state index contributed by atoms with van der Waals surface area (Å²) in [5.41, 5.74) is 5.76. The van der Waals surface area contributed by atoms with Gasteiger partial charge in [0.25, 0.3) is 11.8 Å². The molecule has 0 unspecified atom stereocenters. The molecule has 0 saturated carbocycles. The van der Waals surface area contributed by atoms with E-state index in [9.17, 15) is 14.4 Å². The number of hydrogen-bond donors (Lipinski definition) is 2. The molecular formula is C18H18ClN3O4. The maximum absolute atomic E-state index is 12.5. The van der Waals surface area contributed by atoms with Crippen molar-refractivity contribution in [2.24, 2.45) is 0 Å². The lowest BCUT2D eigenvalue weighted by molar-refractivity contribution is -0.117. The van der Waals surface area contributed by atoms with Gasteiger partial charge >= 0.3 is 0 Å². The van der Waals surface area contributed by atoms with E-state index in [0.29, 0.717) is 40.8 Å². The summed E-state index contributed by atoms with van der Waals surface area (Å²) in [5, 5.41) is 0.421. The summed E-state index contributed by atoms with van der Waals surface area (Å²) >= 11 is 6.03. The highest BCUT2D eigenvalue weighted by Crippen LogP contribution is 2.28. The van der Waals surface area contributed by atoms with Gasteiger partial charge in [-0.1, -0.05) is 11.6 Å². The molecule has 0 aliphatic carbocycles. The maximum Gasteiger partial charge on any atom is 0.273 e. The van der Waals surface area contributed by atoms with E-state index in [-0.39, 0.29) is 11.5 Å². The van der Waals surface area contributed by atoms with Crippen LogP contribution in [0.25, 0.3) is 0 Å². The molecule has 0 spiro atoms. The lowest BCUT2D eigenvalue weighted by atomic mass is 10.1. The molecular weight excluding hydrogens is 358 g/mol. The molecule has 1 fully saturated rings. The van der Waals surface area contributed by atoms with Gasteiger partial charge in [-0.25, -0.2) is 0 Å². The smallest absolute Gasteiger partial charge is 0.273 e. The van der Waals surface area contributed by atoms with Crippen LogP contribution >= 0.6 is 11.6 Å². The number of benzene rings is 1. The number of anilines is 1. The van der Waals surface area contributed by atoms with E-state index >= 15 is 0 Å². The number of halogens is 1. The summed E-state index contributed by atoms with van der Waals surface area (Å²) in [6, 6.07) is 6.25. The number of rotatable bonds is 3. The van der Waals surface area contributed by atoms with Crippen molar-refractivity contribution in [3.05, 3.63) is 51.9 Å². The molecule has 1 aliphatic heterocycles. The summed E-state index contributed by atoms with van der Waals surface area (Å²) in [5.74, 6) is -0.0199. The van der Waals surface area contributed by atoms with Crippen LogP contribution in [0.2, 0.25) is 5.02 Å². The summed E-state index contributed by atoms with van der Waals surface area (Å²) in [6.07, 6.45) is 1.16. The van der Waals surface area contributed by atoms with Gasteiger partial charge in [-0.05, 0) is 44.5 Å². The predicted molar refractivity (Wildman–Crippen MR) is 96.2 cm³/mol. The lowest BCUT2D eigenvalue weighted by Gasteiger charge is -2.19. The van der Waals surface area contributed by atoms with Gasteiger partial charge in [0, 0.05) is 18.0 Å². The Morgan fingerprint density at radius 2 is 1.81 bits per heavy atom. The number of carbonyl (C=O) groups excluding carboxylic acids is 3. The molecule has 1 saturated heterocycles. The molecule has 136 valence electrons. The molecule has 0 atom stereocenters. The molecule has 26 heavy (non-hydrogen) atoms. The highest BCUT2D eigenvalue weighted by molar-refractivity contribution is 6.31. The first-order chi connectivity index (χ1) is 12.4. The second-order valence-corrected chi connectivity index (χ2v) is 6.48. The first-order valence-corrected chi connectivity index (χ1v) is 8.52. The fraction of sp³-hybridized carbons (Fsp3) is 0.278. The minimum Gasteiger partial charge on any atom is -0.466 e.